The third kappa shape index (κ3) is 3.26. The Kier molecular flexibility index (Phi) is 4.77. The summed E-state index contributed by atoms with van der Waals surface area (Å²) in [6, 6.07) is 14.4. The fourth-order valence-electron chi connectivity index (χ4n) is 3.55. The number of benzene rings is 1. The molecule has 1 aliphatic heterocycles. The van der Waals surface area contributed by atoms with Crippen LogP contribution in [-0.2, 0) is 0 Å². The van der Waals surface area contributed by atoms with E-state index < -0.39 is 6.04 Å². The van der Waals surface area contributed by atoms with Crippen LogP contribution in [0.1, 0.15) is 33.5 Å². The highest BCUT2D eigenvalue weighted by Crippen LogP contribution is 2.39. The molecule has 30 heavy (non-hydrogen) atoms. The number of ether oxygens (including phenoxy) is 1. The number of nitrogens with zero attached hydrogens (tertiary/aromatic N) is 3. The maximum absolute atomic E-state index is 13.1. The van der Waals surface area contributed by atoms with Crippen LogP contribution in [0.3, 0.4) is 0 Å². The summed E-state index contributed by atoms with van der Waals surface area (Å²) in [4.78, 5) is 18.7. The average Bonchev–Trinajstić information content (AvgIpc) is 3.53. The van der Waals surface area contributed by atoms with Crippen molar-refractivity contribution in [2.75, 3.05) is 7.11 Å². The van der Waals surface area contributed by atoms with E-state index in [4.69, 9.17) is 20.8 Å². The van der Waals surface area contributed by atoms with Crippen LogP contribution in [-0.4, -0.2) is 28.7 Å². The van der Waals surface area contributed by atoms with Crippen LogP contribution < -0.4 is 4.74 Å². The predicted octanol–water partition coefficient (Wildman–Crippen LogP) is 5.54. The first kappa shape index (κ1) is 18.8. The van der Waals surface area contributed by atoms with Crippen molar-refractivity contribution >= 4 is 45.5 Å². The van der Waals surface area contributed by atoms with Crippen LogP contribution >= 0.6 is 22.9 Å². The van der Waals surface area contributed by atoms with E-state index in [-0.39, 0.29) is 11.7 Å². The molecule has 4 aromatic rings. The molecule has 0 aliphatic carbocycles. The standard InChI is InChI=1S/C22H16ClN3O3S/c1-28-14-6-7-16-13(10-14)11-15(21(23)24-16)18-12-17(20-5-3-9-30-20)25-26(18)22(27)19-4-2-8-29-19/h2-11,18H,12H2,1H3/t18-/m1/s1. The van der Waals surface area contributed by atoms with Crippen molar-refractivity contribution in [3.8, 4) is 5.75 Å². The molecule has 0 bridgehead atoms. The number of fused-ring (bicyclic) bond motifs is 1. The number of amides is 1. The van der Waals surface area contributed by atoms with Gasteiger partial charge in [-0.25, -0.2) is 9.99 Å². The molecule has 6 nitrogen and oxygen atoms in total. The first-order chi connectivity index (χ1) is 14.6. The van der Waals surface area contributed by atoms with Gasteiger partial charge in [0.2, 0.25) is 0 Å². The van der Waals surface area contributed by atoms with Crippen molar-refractivity contribution in [2.24, 2.45) is 5.10 Å². The lowest BCUT2D eigenvalue weighted by molar-refractivity contribution is 0.0678. The number of hydrogen-bond donors (Lipinski definition) is 0. The molecular formula is C22H16ClN3O3S. The number of furan rings is 1. The Morgan fingerprint density at radius 2 is 2.17 bits per heavy atom. The van der Waals surface area contributed by atoms with Gasteiger partial charge >= 0.3 is 5.91 Å². The molecule has 0 saturated heterocycles. The number of hydrogen-bond acceptors (Lipinski definition) is 6. The Labute approximate surface area is 181 Å². The monoisotopic (exact) mass is 437 g/mol. The molecule has 0 saturated carbocycles. The van der Waals surface area contributed by atoms with Gasteiger partial charge in [-0.15, -0.1) is 11.3 Å². The van der Waals surface area contributed by atoms with Crippen LogP contribution in [0.15, 0.2) is 69.7 Å². The van der Waals surface area contributed by atoms with E-state index in [0.717, 1.165) is 32.8 Å². The lowest BCUT2D eigenvalue weighted by Gasteiger charge is -2.22. The largest absolute Gasteiger partial charge is 0.497 e. The van der Waals surface area contributed by atoms with Gasteiger partial charge in [-0.3, -0.25) is 4.79 Å². The van der Waals surface area contributed by atoms with Crippen molar-refractivity contribution in [3.05, 3.63) is 81.5 Å². The number of aromatic nitrogens is 1. The van der Waals surface area contributed by atoms with Crippen LogP contribution in [0.4, 0.5) is 0 Å². The van der Waals surface area contributed by atoms with E-state index in [9.17, 15) is 4.79 Å². The summed E-state index contributed by atoms with van der Waals surface area (Å²) in [5.41, 5.74) is 2.32. The number of methoxy groups -OCH3 is 1. The second-order valence-corrected chi connectivity index (χ2v) is 8.10. The summed E-state index contributed by atoms with van der Waals surface area (Å²) in [5, 5.41) is 9.30. The second kappa shape index (κ2) is 7.59. The molecule has 3 aromatic heterocycles. The zero-order valence-electron chi connectivity index (χ0n) is 15.9. The zero-order chi connectivity index (χ0) is 20.7. The minimum absolute atomic E-state index is 0.225. The van der Waals surface area contributed by atoms with E-state index in [1.807, 2.05) is 41.8 Å². The fourth-order valence-corrected chi connectivity index (χ4v) is 4.55. The summed E-state index contributed by atoms with van der Waals surface area (Å²) >= 11 is 8.16. The quantitative estimate of drug-likeness (QED) is 0.393. The summed E-state index contributed by atoms with van der Waals surface area (Å²) in [6.07, 6.45) is 2.00. The molecule has 1 amide bonds. The van der Waals surface area contributed by atoms with E-state index in [0.29, 0.717) is 11.6 Å². The first-order valence-corrected chi connectivity index (χ1v) is 10.5. The highest BCUT2D eigenvalue weighted by molar-refractivity contribution is 7.12. The lowest BCUT2D eigenvalue weighted by Crippen LogP contribution is -2.27. The Morgan fingerprint density at radius 3 is 2.90 bits per heavy atom. The topological polar surface area (TPSA) is 67.9 Å². The molecule has 5 rings (SSSR count). The third-order valence-corrected chi connectivity index (χ3v) is 6.24. The van der Waals surface area contributed by atoms with Gasteiger partial charge in [0.25, 0.3) is 0 Å². The number of thiophene rings is 1. The first-order valence-electron chi connectivity index (χ1n) is 9.26. The highest BCUT2D eigenvalue weighted by Gasteiger charge is 2.36. The molecular weight excluding hydrogens is 422 g/mol. The molecule has 0 spiro atoms. The van der Waals surface area contributed by atoms with Crippen molar-refractivity contribution in [3.63, 3.8) is 0 Å². The van der Waals surface area contributed by atoms with Crippen molar-refractivity contribution in [1.29, 1.82) is 0 Å². The Bertz CT molecular complexity index is 1250. The van der Waals surface area contributed by atoms with Crippen LogP contribution in [0.5, 0.6) is 5.75 Å². The van der Waals surface area contributed by atoms with Gasteiger partial charge in [0.15, 0.2) is 5.76 Å². The van der Waals surface area contributed by atoms with Crippen LogP contribution in [0, 0.1) is 0 Å². The molecule has 4 heterocycles. The minimum atomic E-state index is -0.393. The molecule has 0 fully saturated rings. The zero-order valence-corrected chi connectivity index (χ0v) is 17.5. The molecule has 1 atom stereocenters. The van der Waals surface area contributed by atoms with Gasteiger partial charge in [-0.2, -0.15) is 5.10 Å². The van der Waals surface area contributed by atoms with Gasteiger partial charge in [0, 0.05) is 17.4 Å². The maximum atomic E-state index is 13.1. The Hall–Kier alpha value is -3.16. The van der Waals surface area contributed by atoms with E-state index >= 15 is 0 Å². The summed E-state index contributed by atoms with van der Waals surface area (Å²) < 4.78 is 10.7. The van der Waals surface area contributed by atoms with Crippen LogP contribution in [0.25, 0.3) is 10.9 Å². The minimum Gasteiger partial charge on any atom is -0.497 e. The molecule has 150 valence electrons. The number of halogens is 1. The predicted molar refractivity (Wildman–Crippen MR) is 116 cm³/mol. The molecule has 0 radical (unpaired) electrons. The number of carbonyl (C=O) groups is 1. The summed E-state index contributed by atoms with van der Waals surface area (Å²) in [5.74, 6) is 0.629. The normalized spacial score (nSPS) is 16.1. The second-order valence-electron chi connectivity index (χ2n) is 6.80. The molecule has 1 aromatic carbocycles. The lowest BCUT2D eigenvalue weighted by atomic mass is 10.0. The molecule has 0 unspecified atom stereocenters. The summed E-state index contributed by atoms with van der Waals surface area (Å²) in [7, 11) is 1.62. The van der Waals surface area contributed by atoms with Gasteiger partial charge in [-0.05, 0) is 47.8 Å². The third-order valence-electron chi connectivity index (χ3n) is 5.02. The van der Waals surface area contributed by atoms with Gasteiger partial charge in [-0.1, -0.05) is 17.7 Å². The number of carbonyl (C=O) groups excluding carboxylic acids is 1. The molecule has 0 N–H and O–H groups in total. The number of pyridine rings is 1. The SMILES string of the molecule is COc1ccc2nc(Cl)c([C@H]3CC(c4cccs4)=NN3C(=O)c3ccco3)cc2c1. The maximum Gasteiger partial charge on any atom is 0.310 e. The highest BCUT2D eigenvalue weighted by atomic mass is 35.5. The smallest absolute Gasteiger partial charge is 0.310 e. The van der Waals surface area contributed by atoms with Crippen molar-refractivity contribution in [1.82, 2.24) is 9.99 Å². The Balaban J connectivity index is 1.60. The van der Waals surface area contributed by atoms with E-state index in [1.54, 1.807) is 30.6 Å². The number of hydrazone groups is 1. The average molecular weight is 438 g/mol. The Morgan fingerprint density at radius 1 is 1.27 bits per heavy atom. The van der Waals surface area contributed by atoms with Crippen LogP contribution in [0.2, 0.25) is 5.15 Å². The van der Waals surface area contributed by atoms with Gasteiger partial charge < -0.3 is 9.15 Å². The van der Waals surface area contributed by atoms with Gasteiger partial charge in [0.05, 0.1) is 35.5 Å². The van der Waals surface area contributed by atoms with Gasteiger partial charge in [0.1, 0.15) is 10.9 Å². The number of rotatable bonds is 4. The fraction of sp³-hybridized carbons (Fsp3) is 0.136. The van der Waals surface area contributed by atoms with E-state index in [2.05, 4.69) is 10.1 Å². The van der Waals surface area contributed by atoms with E-state index in [1.165, 1.54) is 11.3 Å². The summed E-state index contributed by atoms with van der Waals surface area (Å²) in [6.45, 7) is 0. The van der Waals surface area contributed by atoms with Crippen molar-refractivity contribution in [2.45, 2.75) is 12.5 Å². The molecule has 8 heteroatoms. The molecule has 1 aliphatic rings. The van der Waals surface area contributed by atoms with Crippen molar-refractivity contribution < 1.29 is 13.9 Å².